The number of hydrogen-bond donors (Lipinski definition) is 2. The maximum Gasteiger partial charge on any atom is 0.472 e. The average Bonchev–Trinajstić information content (AvgIpc) is 3.32. The van der Waals surface area contributed by atoms with E-state index in [-0.39, 0.29) is 32.6 Å². The van der Waals surface area contributed by atoms with E-state index < -0.39 is 32.5 Å². The molecule has 0 bridgehead atoms. The molecule has 0 saturated heterocycles. The van der Waals surface area contributed by atoms with Crippen LogP contribution < -0.4 is 5.73 Å². The fraction of sp³-hybridized carbons (Fsp3) is 0.719. The predicted octanol–water partition coefficient (Wildman–Crippen LogP) is 16.7. The minimum atomic E-state index is -4.40. The second-order valence-corrected chi connectivity index (χ2v) is 19.2. The Morgan fingerprint density at radius 2 is 0.821 bits per heavy atom. The number of nitrogens with two attached hydrogens (primary N) is 1. The highest BCUT2D eigenvalue weighted by atomic mass is 31.2. The Balaban J connectivity index is 4.03. The standard InChI is InChI=1S/C57H100NO8P/c1-3-5-7-9-11-13-15-17-19-21-23-24-25-26-27-28-29-30-32-33-35-37-39-41-43-45-47-49-56(59)63-53-55(54-65-67(61,62)64-52-51-58)66-57(60)50-48-46-44-42-40-38-36-34-31-22-20-18-16-14-12-10-8-6-4-2/h6,8,12,14-15,17-18,20-21,23,31,34,38,40,55H,3-5,7,9-11,13,16,19,22,24-30,32-33,35-37,39,41-54,58H2,1-2H3,(H,61,62)/b8-6-,14-12-,17-15-,20-18-,23-21-,34-31-,40-38-. The lowest BCUT2D eigenvalue weighted by molar-refractivity contribution is -0.161. The van der Waals surface area contributed by atoms with E-state index in [0.29, 0.717) is 6.42 Å². The van der Waals surface area contributed by atoms with Gasteiger partial charge in [-0.1, -0.05) is 214 Å². The number of carbonyl (C=O) groups excluding carboxylic acids is 2. The van der Waals surface area contributed by atoms with Crippen molar-refractivity contribution in [1.29, 1.82) is 0 Å². The van der Waals surface area contributed by atoms with Gasteiger partial charge in [-0.25, -0.2) is 4.57 Å². The third-order valence-corrected chi connectivity index (χ3v) is 12.2. The summed E-state index contributed by atoms with van der Waals surface area (Å²) in [5.74, 6) is -0.866. The third-order valence-electron chi connectivity index (χ3n) is 11.3. The number of unbranched alkanes of at least 4 members (excludes halogenated alkanes) is 23. The van der Waals surface area contributed by atoms with E-state index in [1.807, 2.05) is 0 Å². The topological polar surface area (TPSA) is 134 Å². The Morgan fingerprint density at radius 1 is 0.463 bits per heavy atom. The number of carbonyl (C=O) groups is 2. The number of esters is 2. The summed E-state index contributed by atoms with van der Waals surface area (Å²) in [6.07, 6.45) is 67.8. The highest BCUT2D eigenvalue weighted by Crippen LogP contribution is 2.43. The lowest BCUT2D eigenvalue weighted by Crippen LogP contribution is -2.29. The van der Waals surface area contributed by atoms with E-state index in [2.05, 4.69) is 98.9 Å². The van der Waals surface area contributed by atoms with Crippen LogP contribution in [0.1, 0.15) is 232 Å². The molecule has 0 aliphatic rings. The Bertz CT molecular complexity index is 1370. The number of ether oxygens (including phenoxy) is 2. The first-order valence-corrected chi connectivity index (χ1v) is 28.6. The van der Waals surface area contributed by atoms with Crippen molar-refractivity contribution in [1.82, 2.24) is 0 Å². The SMILES string of the molecule is CC/C=C\C/C=C\C/C=C\C/C=C\C/C=C\CCCCCC(=O)OC(COC(=O)CCCCCCCCCCCCCCCCC/C=C\C/C=C\CCCCCCC)COP(=O)(O)OCCN. The monoisotopic (exact) mass is 958 g/mol. The number of phosphoric ester groups is 1. The van der Waals surface area contributed by atoms with Crippen molar-refractivity contribution >= 4 is 19.8 Å². The minimum absolute atomic E-state index is 0.0441. The summed E-state index contributed by atoms with van der Waals surface area (Å²) in [5, 5.41) is 0. The van der Waals surface area contributed by atoms with Gasteiger partial charge in [0, 0.05) is 19.4 Å². The first-order chi connectivity index (χ1) is 32.8. The lowest BCUT2D eigenvalue weighted by Gasteiger charge is -2.19. The molecule has 0 aromatic carbocycles. The summed E-state index contributed by atoms with van der Waals surface area (Å²) in [6, 6.07) is 0. The van der Waals surface area contributed by atoms with Crippen LogP contribution in [-0.2, 0) is 32.7 Å². The van der Waals surface area contributed by atoms with Crippen molar-refractivity contribution < 1.29 is 37.6 Å². The van der Waals surface area contributed by atoms with Gasteiger partial charge in [-0.15, -0.1) is 0 Å². The largest absolute Gasteiger partial charge is 0.472 e. The number of rotatable bonds is 50. The molecule has 3 N–H and O–H groups in total. The van der Waals surface area contributed by atoms with E-state index >= 15 is 0 Å². The molecule has 10 heteroatoms. The molecule has 0 saturated carbocycles. The molecule has 9 nitrogen and oxygen atoms in total. The summed E-state index contributed by atoms with van der Waals surface area (Å²) in [4.78, 5) is 35.1. The van der Waals surface area contributed by atoms with Gasteiger partial charge in [0.05, 0.1) is 13.2 Å². The van der Waals surface area contributed by atoms with Crippen molar-refractivity contribution in [3.8, 4) is 0 Å². The molecule has 0 amide bonds. The molecule has 0 aliphatic carbocycles. The number of hydrogen-bond acceptors (Lipinski definition) is 8. The molecule has 0 aromatic rings. The molecule has 0 heterocycles. The van der Waals surface area contributed by atoms with E-state index in [4.69, 9.17) is 24.3 Å². The van der Waals surface area contributed by atoms with Gasteiger partial charge in [-0.3, -0.25) is 18.6 Å². The van der Waals surface area contributed by atoms with Gasteiger partial charge in [0.2, 0.25) is 0 Å². The first-order valence-electron chi connectivity index (χ1n) is 27.1. The maximum absolute atomic E-state index is 12.6. The molecule has 67 heavy (non-hydrogen) atoms. The quantitative estimate of drug-likeness (QED) is 0.0264. The average molecular weight is 958 g/mol. The van der Waals surface area contributed by atoms with E-state index in [0.717, 1.165) is 77.0 Å². The van der Waals surface area contributed by atoms with Crippen LogP contribution in [0.15, 0.2) is 85.1 Å². The Labute approximate surface area is 411 Å². The number of phosphoric acid groups is 1. The minimum Gasteiger partial charge on any atom is -0.462 e. The van der Waals surface area contributed by atoms with E-state index in [9.17, 15) is 19.0 Å². The smallest absolute Gasteiger partial charge is 0.462 e. The normalized spacial score (nSPS) is 13.8. The second kappa shape index (κ2) is 52.6. The summed E-state index contributed by atoms with van der Waals surface area (Å²) in [7, 11) is -4.40. The second-order valence-electron chi connectivity index (χ2n) is 17.7. The van der Waals surface area contributed by atoms with Gasteiger partial charge in [0.25, 0.3) is 0 Å². The molecule has 0 aliphatic heterocycles. The van der Waals surface area contributed by atoms with Gasteiger partial charge < -0.3 is 20.1 Å². The fourth-order valence-electron chi connectivity index (χ4n) is 7.28. The Morgan fingerprint density at radius 3 is 1.24 bits per heavy atom. The highest BCUT2D eigenvalue weighted by Gasteiger charge is 2.26. The van der Waals surface area contributed by atoms with Crippen molar-refractivity contribution in [2.45, 2.75) is 238 Å². The van der Waals surface area contributed by atoms with Crippen LogP contribution in [-0.4, -0.2) is 49.3 Å². The molecular weight excluding hydrogens is 858 g/mol. The van der Waals surface area contributed by atoms with Crippen LogP contribution >= 0.6 is 7.82 Å². The molecule has 2 atom stereocenters. The van der Waals surface area contributed by atoms with Crippen LogP contribution in [0, 0.1) is 0 Å². The Kier molecular flexibility index (Phi) is 50.4. The highest BCUT2D eigenvalue weighted by molar-refractivity contribution is 7.47. The van der Waals surface area contributed by atoms with E-state index in [1.165, 1.54) is 122 Å². The van der Waals surface area contributed by atoms with Crippen LogP contribution in [0.5, 0.6) is 0 Å². The summed E-state index contributed by atoms with van der Waals surface area (Å²) < 4.78 is 32.9. The molecule has 0 radical (unpaired) electrons. The van der Waals surface area contributed by atoms with Gasteiger partial charge in [-0.05, 0) is 89.9 Å². The third kappa shape index (κ3) is 52.4. The van der Waals surface area contributed by atoms with Gasteiger partial charge in [-0.2, -0.15) is 0 Å². The first kappa shape index (κ1) is 64.2. The lowest BCUT2D eigenvalue weighted by atomic mass is 10.0. The number of allylic oxidation sites excluding steroid dienone is 14. The summed E-state index contributed by atoms with van der Waals surface area (Å²) >= 11 is 0. The van der Waals surface area contributed by atoms with Gasteiger partial charge >= 0.3 is 19.8 Å². The predicted molar refractivity (Wildman–Crippen MR) is 284 cm³/mol. The zero-order valence-electron chi connectivity index (χ0n) is 42.9. The Hall–Kier alpha value is -2.81. The van der Waals surface area contributed by atoms with Gasteiger partial charge in [0.1, 0.15) is 6.61 Å². The molecular formula is C57H100NO8P. The summed E-state index contributed by atoms with van der Waals surface area (Å²) in [5.41, 5.74) is 5.37. The van der Waals surface area contributed by atoms with Gasteiger partial charge in [0.15, 0.2) is 6.10 Å². The van der Waals surface area contributed by atoms with Crippen LogP contribution in [0.25, 0.3) is 0 Å². The zero-order chi connectivity index (χ0) is 48.8. The summed E-state index contributed by atoms with van der Waals surface area (Å²) in [6.45, 7) is 3.58. The molecule has 2 unspecified atom stereocenters. The van der Waals surface area contributed by atoms with Crippen molar-refractivity contribution in [2.24, 2.45) is 5.73 Å². The van der Waals surface area contributed by atoms with Crippen LogP contribution in [0.4, 0.5) is 0 Å². The van der Waals surface area contributed by atoms with Crippen molar-refractivity contribution in [3.05, 3.63) is 85.1 Å². The van der Waals surface area contributed by atoms with Crippen molar-refractivity contribution in [2.75, 3.05) is 26.4 Å². The molecule has 0 aromatic heterocycles. The van der Waals surface area contributed by atoms with Crippen molar-refractivity contribution in [3.63, 3.8) is 0 Å². The molecule has 0 rings (SSSR count). The molecule has 0 spiro atoms. The van der Waals surface area contributed by atoms with Crippen LogP contribution in [0.3, 0.4) is 0 Å². The fourth-order valence-corrected chi connectivity index (χ4v) is 8.05. The molecule has 386 valence electrons. The maximum atomic E-state index is 12.6. The van der Waals surface area contributed by atoms with Crippen LogP contribution in [0.2, 0.25) is 0 Å². The van der Waals surface area contributed by atoms with E-state index in [1.54, 1.807) is 0 Å². The zero-order valence-corrected chi connectivity index (χ0v) is 43.8. The molecule has 0 fully saturated rings.